The molecule has 1 saturated carbocycles. The first-order valence-corrected chi connectivity index (χ1v) is 14.4. The van der Waals surface area contributed by atoms with Crippen molar-refractivity contribution in [2.75, 3.05) is 31.2 Å². The Morgan fingerprint density at radius 3 is 2.12 bits per heavy atom. The van der Waals surface area contributed by atoms with Crippen molar-refractivity contribution in [1.29, 1.82) is 0 Å². The second-order valence-corrected chi connectivity index (χ2v) is 11.1. The third kappa shape index (κ3) is 6.43. The zero-order valence-corrected chi connectivity index (χ0v) is 25.1. The number of H-pyrrole nitrogens is 1. The molecule has 0 spiro atoms. The van der Waals surface area contributed by atoms with Gasteiger partial charge in [-0.3, -0.25) is 9.59 Å². The predicted octanol–water partition coefficient (Wildman–Crippen LogP) is 5.35. The van der Waals surface area contributed by atoms with Crippen LogP contribution in [0.3, 0.4) is 0 Å². The highest BCUT2D eigenvalue weighted by Gasteiger charge is 2.38. The number of hydrogen-bond acceptors (Lipinski definition) is 8. The summed E-state index contributed by atoms with van der Waals surface area (Å²) in [4.78, 5) is 47.5. The molecule has 0 bridgehead atoms. The van der Waals surface area contributed by atoms with Gasteiger partial charge in [-0.05, 0) is 51.4 Å². The van der Waals surface area contributed by atoms with Crippen LogP contribution < -0.4 is 4.90 Å². The van der Waals surface area contributed by atoms with Crippen LogP contribution in [0.15, 0.2) is 24.3 Å². The lowest BCUT2D eigenvalue weighted by Gasteiger charge is -2.37. The number of nitrogens with one attached hydrogen (secondary N) is 1. The molecule has 1 aliphatic carbocycles. The van der Waals surface area contributed by atoms with E-state index in [1.165, 1.54) is 9.42 Å². The normalized spacial score (nSPS) is 20.1. The molecule has 1 N–H and O–H groups in total. The summed E-state index contributed by atoms with van der Waals surface area (Å²) >= 11 is 0. The van der Waals surface area contributed by atoms with E-state index in [0.29, 0.717) is 11.7 Å². The van der Waals surface area contributed by atoms with E-state index in [4.69, 9.17) is 25.9 Å². The minimum absolute atomic E-state index is 0.00148. The number of carbonyl (C=O) groups excluding carboxylic acids is 3. The maximum atomic E-state index is 13.9. The summed E-state index contributed by atoms with van der Waals surface area (Å²) in [5, 5.41) is 4.70. The van der Waals surface area contributed by atoms with E-state index in [9.17, 15) is 14.4 Å². The van der Waals surface area contributed by atoms with Gasteiger partial charge in [0.2, 0.25) is 5.69 Å². The molecule has 11 heteroatoms. The Bertz CT molecular complexity index is 1450. The number of anilines is 1. The van der Waals surface area contributed by atoms with Crippen LogP contribution in [0.25, 0.3) is 21.9 Å². The molecule has 1 fully saturated rings. The van der Waals surface area contributed by atoms with Crippen LogP contribution in [0.4, 0.5) is 11.5 Å². The first-order chi connectivity index (χ1) is 20.1. The molecule has 0 radical (unpaired) electrons. The predicted molar refractivity (Wildman–Crippen MR) is 157 cm³/mol. The lowest BCUT2D eigenvalue weighted by Crippen LogP contribution is -2.37. The van der Waals surface area contributed by atoms with Crippen LogP contribution in [-0.4, -0.2) is 64.9 Å². The number of nitrogens with zero attached hydrogens (tertiary/aromatic N) is 4. The highest BCUT2D eigenvalue weighted by atomic mass is 16.5. The fourth-order valence-electron chi connectivity index (χ4n) is 5.95. The van der Waals surface area contributed by atoms with E-state index in [0.717, 1.165) is 24.0 Å². The number of aromatic nitrogens is 3. The molecule has 0 amide bonds. The lowest BCUT2D eigenvalue weighted by molar-refractivity contribution is -0.142. The number of aryl methyl sites for hydroxylation is 1. The van der Waals surface area contributed by atoms with E-state index in [1.807, 2.05) is 31.2 Å². The quantitative estimate of drug-likeness (QED) is 0.195. The molecule has 42 heavy (non-hydrogen) atoms. The Morgan fingerprint density at radius 2 is 1.60 bits per heavy atom. The van der Waals surface area contributed by atoms with E-state index >= 15 is 0 Å². The van der Waals surface area contributed by atoms with Gasteiger partial charge >= 0.3 is 17.9 Å². The molecule has 11 nitrogen and oxygen atoms in total. The topological polar surface area (TPSA) is 120 Å². The lowest BCUT2D eigenvalue weighted by atomic mass is 9.75. The maximum Gasteiger partial charge on any atom is 0.331 e. The van der Waals surface area contributed by atoms with Gasteiger partial charge in [0.25, 0.3) is 0 Å². The average Bonchev–Trinajstić information content (AvgIpc) is 3.47. The fraction of sp³-hybridized carbons (Fsp3) is 0.516. The van der Waals surface area contributed by atoms with E-state index in [2.05, 4.69) is 30.6 Å². The van der Waals surface area contributed by atoms with Crippen LogP contribution in [0.2, 0.25) is 0 Å². The van der Waals surface area contributed by atoms with Crippen molar-refractivity contribution < 1.29 is 28.6 Å². The molecular formula is C31H39N5O6. The van der Waals surface area contributed by atoms with Gasteiger partial charge < -0.3 is 24.1 Å². The fourth-order valence-corrected chi connectivity index (χ4v) is 5.95. The van der Waals surface area contributed by atoms with E-state index in [1.54, 1.807) is 13.8 Å². The summed E-state index contributed by atoms with van der Waals surface area (Å²) in [6.07, 6.45) is 1.55. The van der Waals surface area contributed by atoms with E-state index < -0.39 is 17.9 Å². The number of esters is 3. The van der Waals surface area contributed by atoms with Crippen molar-refractivity contribution in [2.45, 2.75) is 60.5 Å². The van der Waals surface area contributed by atoms with Gasteiger partial charge in [-0.25, -0.2) is 14.2 Å². The van der Waals surface area contributed by atoms with Crippen molar-refractivity contribution in [3.8, 4) is 11.4 Å². The SMILES string of the molecule is [C-]#[N+]c1c(C(=O)OC2C(C)CC(C)CC2C)c2[nH]c(-c3ccc(C)cc3)nn2c1N(CC(=O)OCC)CC(=O)OCC. The van der Waals surface area contributed by atoms with Gasteiger partial charge in [0.05, 0.1) is 19.8 Å². The second kappa shape index (κ2) is 13.1. The molecule has 0 aliphatic heterocycles. The molecule has 224 valence electrons. The van der Waals surface area contributed by atoms with Gasteiger partial charge in [0.15, 0.2) is 5.82 Å². The minimum atomic E-state index is -0.658. The summed E-state index contributed by atoms with van der Waals surface area (Å²) in [7, 11) is 0. The third-order valence-electron chi connectivity index (χ3n) is 7.64. The van der Waals surface area contributed by atoms with Gasteiger partial charge in [-0.15, -0.1) is 5.10 Å². The first kappa shape index (κ1) is 30.6. The number of hydrogen-bond donors (Lipinski definition) is 1. The summed E-state index contributed by atoms with van der Waals surface area (Å²) < 4.78 is 17.8. The molecule has 1 aromatic carbocycles. The van der Waals surface area contributed by atoms with Crippen LogP contribution in [0, 0.1) is 31.2 Å². The zero-order valence-electron chi connectivity index (χ0n) is 25.1. The Balaban J connectivity index is 1.88. The smallest absolute Gasteiger partial charge is 0.331 e. The Morgan fingerprint density at radius 1 is 1.02 bits per heavy atom. The monoisotopic (exact) mass is 577 g/mol. The van der Waals surface area contributed by atoms with Gasteiger partial charge in [-0.2, -0.15) is 0 Å². The average molecular weight is 578 g/mol. The van der Waals surface area contributed by atoms with Crippen molar-refractivity contribution in [3.63, 3.8) is 0 Å². The molecular weight excluding hydrogens is 538 g/mol. The summed E-state index contributed by atoms with van der Waals surface area (Å²) in [5.74, 6) is -0.505. The van der Waals surface area contributed by atoms with E-state index in [-0.39, 0.29) is 67.0 Å². The largest absolute Gasteiger partial charge is 0.465 e. The number of rotatable bonds is 10. The molecule has 2 unspecified atom stereocenters. The Kier molecular flexibility index (Phi) is 9.55. The number of benzene rings is 1. The third-order valence-corrected chi connectivity index (χ3v) is 7.64. The number of ether oxygens (including phenoxy) is 3. The molecule has 1 aliphatic rings. The Hall–Kier alpha value is -4.33. The summed E-state index contributed by atoms with van der Waals surface area (Å²) in [6, 6.07) is 7.66. The number of fused-ring (bicyclic) bond motifs is 1. The van der Waals surface area contributed by atoms with Crippen molar-refractivity contribution >= 4 is 35.1 Å². The summed E-state index contributed by atoms with van der Waals surface area (Å²) in [5.41, 5.74) is 1.98. The van der Waals surface area contributed by atoms with Crippen molar-refractivity contribution in [1.82, 2.24) is 14.6 Å². The minimum Gasteiger partial charge on any atom is -0.465 e. The highest BCUT2D eigenvalue weighted by molar-refractivity contribution is 6.07. The molecule has 2 heterocycles. The van der Waals surface area contributed by atoms with Gasteiger partial charge in [-0.1, -0.05) is 50.6 Å². The number of aromatic amines is 1. The Labute approximate surface area is 245 Å². The summed E-state index contributed by atoms with van der Waals surface area (Å²) in [6.45, 7) is 19.3. The molecule has 2 aromatic heterocycles. The van der Waals surface area contributed by atoms with Crippen LogP contribution in [-0.2, 0) is 23.8 Å². The second-order valence-electron chi connectivity index (χ2n) is 11.1. The van der Waals surface area contributed by atoms with Crippen molar-refractivity contribution in [3.05, 3.63) is 46.8 Å². The zero-order chi connectivity index (χ0) is 30.6. The van der Waals surface area contributed by atoms with Crippen LogP contribution >= 0.6 is 0 Å². The van der Waals surface area contributed by atoms with Crippen molar-refractivity contribution in [2.24, 2.45) is 17.8 Å². The molecule has 0 saturated heterocycles. The van der Waals surface area contributed by atoms with Crippen LogP contribution in [0.5, 0.6) is 0 Å². The van der Waals surface area contributed by atoms with Gasteiger partial charge in [0.1, 0.15) is 36.2 Å². The standard InChI is InChI=1S/C31H39N5O6/c1-8-40-23(37)16-35(17-24(38)41-9-2)30-26(32-7)25(31(39)42-27-20(5)14-19(4)15-21(27)6)29-33-28(34-36(29)30)22-12-10-18(3)11-13-22/h10-13,19-21,27H,8-9,14-17H2,1-6H3,(H,33,34). The van der Waals surface area contributed by atoms with Crippen LogP contribution in [0.1, 0.15) is 63.4 Å². The van der Waals surface area contributed by atoms with Gasteiger partial charge in [0, 0.05) is 5.56 Å². The molecule has 4 rings (SSSR count). The maximum absolute atomic E-state index is 13.9. The first-order valence-electron chi connectivity index (χ1n) is 14.4. The number of carbonyl (C=O) groups is 3. The molecule has 3 aromatic rings. The highest BCUT2D eigenvalue weighted by Crippen LogP contribution is 2.41. The molecule has 2 atom stereocenters.